The highest BCUT2D eigenvalue weighted by molar-refractivity contribution is 5.88. The molecule has 5 nitrogen and oxygen atoms in total. The van der Waals surface area contributed by atoms with Crippen LogP contribution >= 0.6 is 0 Å². The Hall–Kier alpha value is -3.08. The van der Waals surface area contributed by atoms with Crippen LogP contribution in [-0.4, -0.2) is 27.6 Å². The van der Waals surface area contributed by atoms with Crippen molar-refractivity contribution in [2.24, 2.45) is 0 Å². The van der Waals surface area contributed by atoms with E-state index >= 15 is 0 Å². The van der Waals surface area contributed by atoms with Gasteiger partial charge >= 0.3 is 5.97 Å². The number of carboxylic acids is 1. The number of carboxylic acid groups (broad SMARTS) is 1. The number of carbonyl (C=O) groups excluding carboxylic acids is 1. The molecule has 0 saturated carbocycles. The van der Waals surface area contributed by atoms with E-state index < -0.39 is 12.0 Å². The van der Waals surface area contributed by atoms with E-state index in [1.165, 1.54) is 16.2 Å². The Bertz CT molecular complexity index is 849. The van der Waals surface area contributed by atoms with E-state index in [0.717, 1.165) is 12.0 Å². The molecule has 0 fully saturated rings. The fourth-order valence-electron chi connectivity index (χ4n) is 3.11. The van der Waals surface area contributed by atoms with E-state index in [9.17, 15) is 14.7 Å². The smallest absolute Gasteiger partial charge is 0.352 e. The van der Waals surface area contributed by atoms with E-state index in [1.54, 1.807) is 12.3 Å². The van der Waals surface area contributed by atoms with Crippen molar-refractivity contribution in [3.63, 3.8) is 0 Å². The van der Waals surface area contributed by atoms with Gasteiger partial charge in [-0.05, 0) is 31.0 Å². The number of amides is 1. The third kappa shape index (κ3) is 4.11. The number of carbonyl (C=O) groups is 2. The lowest BCUT2D eigenvalue weighted by Crippen LogP contribution is -2.40. The van der Waals surface area contributed by atoms with E-state index in [0.29, 0.717) is 6.42 Å². The molecule has 1 amide bonds. The summed E-state index contributed by atoms with van der Waals surface area (Å²) in [5.74, 6) is -1.23. The Morgan fingerprint density at radius 1 is 1.23 bits per heavy atom. The van der Waals surface area contributed by atoms with E-state index in [-0.39, 0.29) is 17.6 Å². The predicted molar refractivity (Wildman–Crippen MR) is 100 cm³/mol. The number of hydrogen-bond acceptors (Lipinski definition) is 2. The molecule has 1 heterocycles. The first kappa shape index (κ1) is 17.7. The molecule has 0 radical (unpaired) electrons. The molecule has 0 saturated heterocycles. The number of allylic oxidation sites excluding steroid dienone is 2. The second kappa shape index (κ2) is 7.87. The van der Waals surface area contributed by atoms with Crippen LogP contribution in [0.25, 0.3) is 0 Å². The molecule has 5 heteroatoms. The molecular weight excluding hydrogens is 328 g/mol. The molecule has 0 aliphatic heterocycles. The zero-order chi connectivity index (χ0) is 18.5. The number of aromatic carboxylic acids is 1. The van der Waals surface area contributed by atoms with Crippen LogP contribution in [0.5, 0.6) is 0 Å². The predicted octanol–water partition coefficient (Wildman–Crippen LogP) is 3.36. The van der Waals surface area contributed by atoms with Gasteiger partial charge in [0.1, 0.15) is 11.7 Å². The fourth-order valence-corrected chi connectivity index (χ4v) is 3.11. The van der Waals surface area contributed by atoms with Gasteiger partial charge in [0.25, 0.3) is 0 Å². The van der Waals surface area contributed by atoms with E-state index in [4.69, 9.17) is 0 Å². The summed E-state index contributed by atoms with van der Waals surface area (Å²) in [7, 11) is 0. The quantitative estimate of drug-likeness (QED) is 0.839. The molecule has 0 spiro atoms. The highest BCUT2D eigenvalue weighted by Gasteiger charge is 2.26. The average molecular weight is 350 g/mol. The van der Waals surface area contributed by atoms with Crippen LogP contribution in [0.2, 0.25) is 0 Å². The first-order chi connectivity index (χ1) is 12.5. The van der Waals surface area contributed by atoms with Gasteiger partial charge in [0, 0.05) is 12.6 Å². The summed E-state index contributed by atoms with van der Waals surface area (Å²) >= 11 is 0. The summed E-state index contributed by atoms with van der Waals surface area (Å²) < 4.78 is 1.54. The third-order valence-electron chi connectivity index (χ3n) is 4.52. The molecule has 1 aromatic carbocycles. The first-order valence-corrected chi connectivity index (χ1v) is 8.64. The van der Waals surface area contributed by atoms with Gasteiger partial charge in [-0.25, -0.2) is 4.79 Å². The number of nitrogens with zero attached hydrogens (tertiary/aromatic N) is 1. The summed E-state index contributed by atoms with van der Waals surface area (Å²) in [6.45, 7) is 2.02. The summed E-state index contributed by atoms with van der Waals surface area (Å²) in [6, 6.07) is 12.1. The molecule has 26 heavy (non-hydrogen) atoms. The van der Waals surface area contributed by atoms with Crippen LogP contribution in [0.3, 0.4) is 0 Å². The van der Waals surface area contributed by atoms with Crippen molar-refractivity contribution < 1.29 is 14.7 Å². The number of rotatable bonds is 6. The molecule has 1 aromatic heterocycles. The van der Waals surface area contributed by atoms with Gasteiger partial charge in [-0.3, -0.25) is 4.79 Å². The van der Waals surface area contributed by atoms with Gasteiger partial charge in [-0.1, -0.05) is 54.1 Å². The number of benzene rings is 1. The van der Waals surface area contributed by atoms with Crippen molar-refractivity contribution in [2.45, 2.75) is 31.8 Å². The highest BCUT2D eigenvalue weighted by atomic mass is 16.4. The standard InChI is InChI=1S/C21H22N2O3/c1-15-9-11-17(12-10-15)22-20(24)19(14-16-6-3-2-4-7-16)23-13-5-8-18(23)21(25)26/h2-11,13,17,19H,12,14H2,1H3,(H,22,24)(H,25,26). The second-order valence-corrected chi connectivity index (χ2v) is 6.47. The number of nitrogens with one attached hydrogen (secondary N) is 1. The van der Waals surface area contributed by atoms with Crippen LogP contribution in [0.15, 0.2) is 72.5 Å². The maximum atomic E-state index is 13.0. The fraction of sp³-hybridized carbons (Fsp3) is 0.238. The monoisotopic (exact) mass is 350 g/mol. The van der Waals surface area contributed by atoms with Crippen LogP contribution in [0.4, 0.5) is 0 Å². The molecule has 1 aliphatic rings. The minimum absolute atomic E-state index is 0.0756. The molecule has 134 valence electrons. The molecule has 2 atom stereocenters. The van der Waals surface area contributed by atoms with Crippen LogP contribution in [-0.2, 0) is 11.2 Å². The Balaban J connectivity index is 1.85. The lowest BCUT2D eigenvalue weighted by Gasteiger charge is -2.24. The lowest BCUT2D eigenvalue weighted by molar-refractivity contribution is -0.124. The van der Waals surface area contributed by atoms with Crippen molar-refractivity contribution in [2.75, 3.05) is 0 Å². The van der Waals surface area contributed by atoms with Gasteiger partial charge < -0.3 is 15.0 Å². The highest BCUT2D eigenvalue weighted by Crippen LogP contribution is 2.20. The van der Waals surface area contributed by atoms with Gasteiger partial charge in [-0.2, -0.15) is 0 Å². The van der Waals surface area contributed by atoms with Crippen molar-refractivity contribution >= 4 is 11.9 Å². The van der Waals surface area contributed by atoms with Crippen molar-refractivity contribution in [1.82, 2.24) is 9.88 Å². The summed E-state index contributed by atoms with van der Waals surface area (Å²) in [5.41, 5.74) is 2.26. The SMILES string of the molecule is CC1=CCC(NC(=O)C(Cc2ccccc2)n2cccc2C(=O)O)C=C1. The molecule has 2 aromatic rings. The minimum Gasteiger partial charge on any atom is -0.477 e. The normalized spacial score (nSPS) is 17.4. The molecule has 3 rings (SSSR count). The van der Waals surface area contributed by atoms with Crippen molar-refractivity contribution in [3.8, 4) is 0 Å². The number of hydrogen-bond donors (Lipinski definition) is 2. The molecule has 0 bridgehead atoms. The average Bonchev–Trinajstić information content (AvgIpc) is 3.12. The number of aromatic nitrogens is 1. The molecule has 2 unspecified atom stereocenters. The Kier molecular flexibility index (Phi) is 5.37. The van der Waals surface area contributed by atoms with Crippen LogP contribution in [0.1, 0.15) is 35.4 Å². The maximum Gasteiger partial charge on any atom is 0.352 e. The first-order valence-electron chi connectivity index (χ1n) is 8.64. The van der Waals surface area contributed by atoms with E-state index in [1.807, 2.05) is 49.4 Å². The topological polar surface area (TPSA) is 71.3 Å². The minimum atomic E-state index is -1.04. The summed E-state index contributed by atoms with van der Waals surface area (Å²) in [4.78, 5) is 24.5. The summed E-state index contributed by atoms with van der Waals surface area (Å²) in [6.07, 6.45) is 8.85. The van der Waals surface area contributed by atoms with Crippen LogP contribution < -0.4 is 5.32 Å². The third-order valence-corrected chi connectivity index (χ3v) is 4.52. The van der Waals surface area contributed by atoms with Gasteiger partial charge in [-0.15, -0.1) is 0 Å². The Morgan fingerprint density at radius 3 is 2.65 bits per heavy atom. The lowest BCUT2D eigenvalue weighted by atomic mass is 10.0. The molecule has 1 aliphatic carbocycles. The maximum absolute atomic E-state index is 13.0. The Morgan fingerprint density at radius 2 is 2.00 bits per heavy atom. The van der Waals surface area contributed by atoms with Gasteiger partial charge in [0.15, 0.2) is 0 Å². The zero-order valence-electron chi connectivity index (χ0n) is 14.6. The largest absolute Gasteiger partial charge is 0.477 e. The molecular formula is C21H22N2O3. The van der Waals surface area contributed by atoms with E-state index in [2.05, 4.69) is 11.4 Å². The van der Waals surface area contributed by atoms with Crippen molar-refractivity contribution in [3.05, 3.63) is 83.7 Å². The van der Waals surface area contributed by atoms with Gasteiger partial charge in [0.2, 0.25) is 5.91 Å². The zero-order valence-corrected chi connectivity index (χ0v) is 14.6. The van der Waals surface area contributed by atoms with Gasteiger partial charge in [0.05, 0.1) is 6.04 Å². The van der Waals surface area contributed by atoms with Crippen LogP contribution in [0, 0.1) is 0 Å². The molecule has 2 N–H and O–H groups in total. The van der Waals surface area contributed by atoms with Crippen molar-refractivity contribution in [1.29, 1.82) is 0 Å². The second-order valence-electron chi connectivity index (χ2n) is 6.47. The summed E-state index contributed by atoms with van der Waals surface area (Å²) in [5, 5.41) is 12.5. The Labute approximate surface area is 152 Å².